The Balaban J connectivity index is 1.71. The first-order valence-corrected chi connectivity index (χ1v) is 10.5. The number of alkyl halides is 3. The van der Waals surface area contributed by atoms with Gasteiger partial charge in [0.2, 0.25) is 0 Å². The molecule has 0 amide bonds. The summed E-state index contributed by atoms with van der Waals surface area (Å²) in [6.07, 6.45) is 2.55. The molecule has 2 aromatic rings. The number of ether oxygens (including phenoxy) is 2. The average Bonchev–Trinajstić information content (AvgIpc) is 3.43. The van der Waals surface area contributed by atoms with Crippen LogP contribution < -0.4 is 4.90 Å². The molecule has 0 N–H and O–H groups in total. The van der Waals surface area contributed by atoms with E-state index in [0.717, 1.165) is 23.8 Å². The average molecular weight is 448 g/mol. The van der Waals surface area contributed by atoms with Gasteiger partial charge in [-0.3, -0.25) is 0 Å². The van der Waals surface area contributed by atoms with Gasteiger partial charge >= 0.3 is 6.18 Å². The molecule has 0 saturated carbocycles. The summed E-state index contributed by atoms with van der Waals surface area (Å²) in [6.45, 7) is 4.74. The van der Waals surface area contributed by atoms with E-state index in [0.29, 0.717) is 45.0 Å². The number of aromatic nitrogens is 2. The summed E-state index contributed by atoms with van der Waals surface area (Å²) in [6, 6.07) is 5.60. The minimum atomic E-state index is -4.57. The molecule has 1 unspecified atom stereocenters. The van der Waals surface area contributed by atoms with Crippen LogP contribution in [0, 0.1) is 11.3 Å². The van der Waals surface area contributed by atoms with E-state index in [4.69, 9.17) is 14.7 Å². The van der Waals surface area contributed by atoms with Crippen LogP contribution in [-0.2, 0) is 22.2 Å². The monoisotopic (exact) mass is 448 g/mol. The molecule has 1 aliphatic rings. The molecule has 1 aromatic carbocycles. The van der Waals surface area contributed by atoms with E-state index in [1.807, 2.05) is 22.6 Å². The summed E-state index contributed by atoms with van der Waals surface area (Å²) in [5, 5.41) is 9.06. The smallest absolute Gasteiger partial charge is 0.382 e. The van der Waals surface area contributed by atoms with E-state index >= 15 is 0 Å². The van der Waals surface area contributed by atoms with Gasteiger partial charge in [-0.1, -0.05) is 6.08 Å². The fourth-order valence-corrected chi connectivity index (χ4v) is 4.01. The van der Waals surface area contributed by atoms with Crippen molar-refractivity contribution >= 4 is 11.3 Å². The number of hydrogen-bond donors (Lipinski definition) is 0. The molecule has 0 radical (unpaired) electrons. The Morgan fingerprint density at radius 2 is 2.09 bits per heavy atom. The molecular weight excluding hydrogens is 421 g/mol. The third kappa shape index (κ3) is 5.50. The molecule has 1 aliphatic carbocycles. The van der Waals surface area contributed by atoms with Gasteiger partial charge in [0, 0.05) is 31.9 Å². The van der Waals surface area contributed by atoms with Gasteiger partial charge < -0.3 is 18.9 Å². The number of benzene rings is 1. The van der Waals surface area contributed by atoms with Crippen LogP contribution in [-0.4, -0.2) is 49.1 Å². The highest BCUT2D eigenvalue weighted by atomic mass is 19.4. The predicted octanol–water partition coefficient (Wildman–Crippen LogP) is 4.51. The van der Waals surface area contributed by atoms with E-state index in [1.165, 1.54) is 6.07 Å². The van der Waals surface area contributed by atoms with Gasteiger partial charge in [0.15, 0.2) is 0 Å². The van der Waals surface area contributed by atoms with E-state index in [9.17, 15) is 13.2 Å². The first-order valence-electron chi connectivity index (χ1n) is 10.5. The summed E-state index contributed by atoms with van der Waals surface area (Å²) in [5.74, 6) is 0. The fraction of sp³-hybridized carbons (Fsp3) is 0.478. The van der Waals surface area contributed by atoms with E-state index in [-0.39, 0.29) is 11.6 Å². The van der Waals surface area contributed by atoms with Gasteiger partial charge in [-0.25, -0.2) is 4.98 Å². The van der Waals surface area contributed by atoms with Crippen molar-refractivity contribution in [3.63, 3.8) is 0 Å². The number of anilines is 1. The lowest BCUT2D eigenvalue weighted by molar-refractivity contribution is -0.137. The number of imidazole rings is 1. The topological polar surface area (TPSA) is 63.3 Å². The molecule has 32 heavy (non-hydrogen) atoms. The second-order valence-corrected chi connectivity index (χ2v) is 7.53. The predicted molar refractivity (Wildman–Crippen MR) is 115 cm³/mol. The highest BCUT2D eigenvalue weighted by Crippen LogP contribution is 2.37. The van der Waals surface area contributed by atoms with Crippen molar-refractivity contribution in [3.05, 3.63) is 53.6 Å². The van der Waals surface area contributed by atoms with Crippen molar-refractivity contribution in [3.8, 4) is 6.07 Å². The van der Waals surface area contributed by atoms with E-state index in [1.54, 1.807) is 25.6 Å². The molecule has 0 spiro atoms. The zero-order valence-corrected chi connectivity index (χ0v) is 18.2. The number of hydrogen-bond acceptors (Lipinski definition) is 5. The highest BCUT2D eigenvalue weighted by molar-refractivity contribution is 5.67. The summed E-state index contributed by atoms with van der Waals surface area (Å²) < 4.78 is 52.8. The molecule has 6 nitrogen and oxygen atoms in total. The Labute approximate surface area is 185 Å². The Bertz CT molecular complexity index is 978. The van der Waals surface area contributed by atoms with Crippen LogP contribution in [0.25, 0.3) is 5.57 Å². The van der Waals surface area contributed by atoms with Crippen molar-refractivity contribution in [2.45, 2.75) is 38.5 Å². The first kappa shape index (κ1) is 23.8. The maximum Gasteiger partial charge on any atom is 0.417 e. The Morgan fingerprint density at radius 3 is 2.78 bits per heavy atom. The van der Waals surface area contributed by atoms with Gasteiger partial charge in [0.1, 0.15) is 0 Å². The minimum Gasteiger partial charge on any atom is -0.382 e. The van der Waals surface area contributed by atoms with Crippen LogP contribution in [0.3, 0.4) is 0 Å². The van der Waals surface area contributed by atoms with Crippen molar-refractivity contribution in [2.75, 3.05) is 38.4 Å². The molecule has 172 valence electrons. The second-order valence-electron chi connectivity index (χ2n) is 7.53. The van der Waals surface area contributed by atoms with Crippen LogP contribution in [0.4, 0.5) is 18.9 Å². The van der Waals surface area contributed by atoms with Gasteiger partial charge in [-0.05, 0) is 43.5 Å². The largest absolute Gasteiger partial charge is 0.417 e. The lowest BCUT2D eigenvalue weighted by Crippen LogP contribution is -2.33. The summed E-state index contributed by atoms with van der Waals surface area (Å²) >= 11 is 0. The van der Waals surface area contributed by atoms with Crippen LogP contribution in [0.15, 0.2) is 36.8 Å². The maximum absolute atomic E-state index is 13.4. The third-order valence-electron chi connectivity index (χ3n) is 5.58. The van der Waals surface area contributed by atoms with Crippen molar-refractivity contribution in [1.29, 1.82) is 5.26 Å². The molecule has 1 atom stereocenters. The number of rotatable bonds is 10. The molecule has 1 aromatic heterocycles. The lowest BCUT2D eigenvalue weighted by atomic mass is 10.0. The normalized spacial score (nSPS) is 16.1. The molecule has 3 rings (SSSR count). The molecule has 1 heterocycles. The quantitative estimate of drug-likeness (QED) is 0.501. The second kappa shape index (κ2) is 10.7. The molecule has 0 fully saturated rings. The summed E-state index contributed by atoms with van der Waals surface area (Å²) in [5.41, 5.74) is 1.33. The molecule has 9 heteroatoms. The standard InChI is InChI=1S/C23H27F3N4O2/c1-3-30(20-7-5-18(14-27)21(13-20)23(24,25)26)19-6-4-17(12-19)22-15-28-16-29(22)8-9-32-11-10-31-2/h4-5,7,13,15-16,19H,3,6,8-12H2,1-2H3. The zero-order chi connectivity index (χ0) is 23.1. The van der Waals surface area contributed by atoms with Crippen molar-refractivity contribution in [2.24, 2.45) is 0 Å². The number of nitrogens with zero attached hydrogens (tertiary/aromatic N) is 4. The number of nitriles is 1. The third-order valence-corrected chi connectivity index (χ3v) is 5.58. The van der Waals surface area contributed by atoms with Gasteiger partial charge in [-0.2, -0.15) is 18.4 Å². The van der Waals surface area contributed by atoms with E-state index < -0.39 is 11.7 Å². The molecule has 0 bridgehead atoms. The van der Waals surface area contributed by atoms with Gasteiger partial charge in [0.05, 0.1) is 55.2 Å². The summed E-state index contributed by atoms with van der Waals surface area (Å²) in [7, 11) is 1.63. The first-order chi connectivity index (χ1) is 15.4. The Morgan fingerprint density at radius 1 is 1.28 bits per heavy atom. The molecule has 0 saturated heterocycles. The van der Waals surface area contributed by atoms with Gasteiger partial charge in [0.25, 0.3) is 0 Å². The Kier molecular flexibility index (Phi) is 7.94. The van der Waals surface area contributed by atoms with Crippen LogP contribution in [0.1, 0.15) is 36.6 Å². The number of halogens is 3. The lowest BCUT2D eigenvalue weighted by Gasteiger charge is -2.31. The minimum absolute atomic E-state index is 0.0327. The van der Waals surface area contributed by atoms with Gasteiger partial charge in [-0.15, -0.1) is 0 Å². The summed E-state index contributed by atoms with van der Waals surface area (Å²) in [4.78, 5) is 6.23. The zero-order valence-electron chi connectivity index (χ0n) is 18.2. The van der Waals surface area contributed by atoms with Crippen molar-refractivity contribution < 1.29 is 22.6 Å². The Hall–Kier alpha value is -2.83. The van der Waals surface area contributed by atoms with Crippen LogP contribution in [0.5, 0.6) is 0 Å². The van der Waals surface area contributed by atoms with E-state index in [2.05, 4.69) is 11.1 Å². The fourth-order valence-electron chi connectivity index (χ4n) is 4.01. The highest BCUT2D eigenvalue weighted by Gasteiger charge is 2.35. The van der Waals surface area contributed by atoms with Crippen molar-refractivity contribution in [1.82, 2.24) is 9.55 Å². The maximum atomic E-state index is 13.4. The molecule has 0 aliphatic heterocycles. The molecular formula is C23H27F3N4O2. The van der Waals surface area contributed by atoms with Crippen LogP contribution >= 0.6 is 0 Å². The number of methoxy groups -OCH3 is 1. The SMILES string of the molecule is CCN(c1ccc(C#N)c(C(F)(F)F)c1)C1CC=C(c2cncn2CCOCCOC)C1. The van der Waals surface area contributed by atoms with Crippen LogP contribution in [0.2, 0.25) is 0 Å².